The lowest BCUT2D eigenvalue weighted by molar-refractivity contribution is -0.140. The van der Waals surface area contributed by atoms with E-state index in [2.05, 4.69) is 15.2 Å². The van der Waals surface area contributed by atoms with Crippen molar-refractivity contribution in [2.45, 2.75) is 24.3 Å². The van der Waals surface area contributed by atoms with Gasteiger partial charge in [-0.15, -0.1) is 5.10 Å². The Morgan fingerprint density at radius 3 is 2.71 bits per heavy atom. The molecule has 0 saturated heterocycles. The van der Waals surface area contributed by atoms with Crippen LogP contribution in [0.2, 0.25) is 0 Å². The molecule has 14 heavy (non-hydrogen) atoms. The third-order valence-electron chi connectivity index (χ3n) is 1.87. The second-order valence-corrected chi connectivity index (χ2v) is 4.30. The van der Waals surface area contributed by atoms with Crippen LogP contribution in [0.25, 0.3) is 0 Å². The Hall–Kier alpha value is -1.24. The SMILES string of the molecule is CC(Sc1n[nH]c(N)n1)C(C)C(=O)O. The number of H-pyrrole nitrogens is 1. The predicted molar refractivity (Wildman–Crippen MR) is 52.9 cm³/mol. The van der Waals surface area contributed by atoms with E-state index in [0.717, 1.165) is 0 Å². The Balaban J connectivity index is 2.56. The second-order valence-electron chi connectivity index (χ2n) is 2.95. The monoisotopic (exact) mass is 216 g/mol. The lowest BCUT2D eigenvalue weighted by Crippen LogP contribution is -2.20. The molecule has 1 heterocycles. The molecular formula is C7H12N4O2S. The standard InChI is InChI=1S/C7H12N4O2S/c1-3(5(12)13)4(2)14-7-9-6(8)10-11-7/h3-4H,1-2H3,(H,12,13)(H3,8,9,10,11). The molecule has 0 aromatic carbocycles. The van der Waals surface area contributed by atoms with Gasteiger partial charge in [0.2, 0.25) is 11.1 Å². The van der Waals surface area contributed by atoms with E-state index in [1.165, 1.54) is 11.8 Å². The van der Waals surface area contributed by atoms with E-state index in [1.807, 2.05) is 6.92 Å². The summed E-state index contributed by atoms with van der Waals surface area (Å²) in [5.74, 6) is -1.03. The van der Waals surface area contributed by atoms with Gasteiger partial charge >= 0.3 is 5.97 Å². The zero-order valence-corrected chi connectivity index (χ0v) is 8.71. The van der Waals surface area contributed by atoms with Crippen molar-refractivity contribution in [3.8, 4) is 0 Å². The second kappa shape index (κ2) is 4.32. The fourth-order valence-electron chi connectivity index (χ4n) is 0.780. The number of nitrogen functional groups attached to an aromatic ring is 1. The number of hydrogen-bond donors (Lipinski definition) is 3. The first kappa shape index (κ1) is 10.8. The summed E-state index contributed by atoms with van der Waals surface area (Å²) >= 11 is 1.29. The molecule has 6 nitrogen and oxygen atoms in total. The number of nitrogens with zero attached hydrogens (tertiary/aromatic N) is 2. The molecule has 2 unspecified atom stereocenters. The van der Waals surface area contributed by atoms with E-state index < -0.39 is 11.9 Å². The molecule has 2 atom stereocenters. The lowest BCUT2D eigenvalue weighted by atomic mass is 10.1. The number of thioether (sulfide) groups is 1. The Kier molecular flexibility index (Phi) is 3.34. The zero-order valence-electron chi connectivity index (χ0n) is 7.89. The van der Waals surface area contributed by atoms with Gasteiger partial charge < -0.3 is 10.8 Å². The number of aromatic amines is 1. The molecule has 0 aliphatic carbocycles. The Morgan fingerprint density at radius 1 is 1.64 bits per heavy atom. The van der Waals surface area contributed by atoms with Crippen molar-refractivity contribution >= 4 is 23.7 Å². The molecule has 1 rings (SSSR count). The number of nitrogens with two attached hydrogens (primary N) is 1. The van der Waals surface area contributed by atoms with Crippen molar-refractivity contribution in [1.29, 1.82) is 0 Å². The Morgan fingerprint density at radius 2 is 2.29 bits per heavy atom. The molecule has 78 valence electrons. The quantitative estimate of drug-likeness (QED) is 0.636. The highest BCUT2D eigenvalue weighted by Gasteiger charge is 2.21. The van der Waals surface area contributed by atoms with Crippen molar-refractivity contribution in [2.75, 3.05) is 5.73 Å². The van der Waals surface area contributed by atoms with Crippen molar-refractivity contribution in [2.24, 2.45) is 5.92 Å². The topological polar surface area (TPSA) is 105 Å². The van der Waals surface area contributed by atoms with Gasteiger partial charge in [-0.2, -0.15) is 4.98 Å². The molecule has 0 aliphatic rings. The van der Waals surface area contributed by atoms with E-state index in [-0.39, 0.29) is 11.2 Å². The van der Waals surface area contributed by atoms with E-state index in [4.69, 9.17) is 10.8 Å². The molecule has 0 amide bonds. The highest BCUT2D eigenvalue weighted by molar-refractivity contribution is 7.99. The summed E-state index contributed by atoms with van der Waals surface area (Å²) in [5.41, 5.74) is 5.33. The minimum atomic E-state index is -0.825. The average Bonchev–Trinajstić information content (AvgIpc) is 2.49. The van der Waals surface area contributed by atoms with Crippen LogP contribution in [0.15, 0.2) is 5.16 Å². The summed E-state index contributed by atoms with van der Waals surface area (Å²) in [5, 5.41) is 15.4. The van der Waals surface area contributed by atoms with Gasteiger partial charge in [0.05, 0.1) is 5.92 Å². The average molecular weight is 216 g/mol. The first-order chi connectivity index (χ1) is 6.50. The fourth-order valence-corrected chi connectivity index (χ4v) is 1.68. The van der Waals surface area contributed by atoms with Gasteiger partial charge in [0.15, 0.2) is 0 Å². The van der Waals surface area contributed by atoms with Crippen LogP contribution < -0.4 is 5.73 Å². The number of nitrogens with one attached hydrogen (secondary N) is 1. The number of anilines is 1. The van der Waals surface area contributed by atoms with Gasteiger partial charge in [-0.3, -0.25) is 4.79 Å². The van der Waals surface area contributed by atoms with Gasteiger partial charge in [-0.1, -0.05) is 25.6 Å². The fraction of sp³-hybridized carbons (Fsp3) is 0.571. The highest BCUT2D eigenvalue weighted by atomic mass is 32.2. The normalized spacial score (nSPS) is 15.0. The molecule has 0 aliphatic heterocycles. The molecule has 7 heteroatoms. The molecule has 0 fully saturated rings. The summed E-state index contributed by atoms with van der Waals surface area (Å²) in [6, 6.07) is 0. The van der Waals surface area contributed by atoms with Crippen molar-refractivity contribution in [1.82, 2.24) is 15.2 Å². The maximum atomic E-state index is 10.6. The van der Waals surface area contributed by atoms with E-state index in [1.54, 1.807) is 6.92 Å². The van der Waals surface area contributed by atoms with Gasteiger partial charge in [0.1, 0.15) is 0 Å². The number of carboxylic acid groups (broad SMARTS) is 1. The van der Waals surface area contributed by atoms with Crippen LogP contribution in [-0.4, -0.2) is 31.5 Å². The molecule has 1 aromatic rings. The van der Waals surface area contributed by atoms with Crippen LogP contribution in [-0.2, 0) is 4.79 Å². The predicted octanol–water partition coefficient (Wildman–Crippen LogP) is 0.588. The van der Waals surface area contributed by atoms with Gasteiger partial charge in [-0.05, 0) is 0 Å². The van der Waals surface area contributed by atoms with Crippen LogP contribution in [0.1, 0.15) is 13.8 Å². The summed E-state index contributed by atoms with van der Waals surface area (Å²) in [6.07, 6.45) is 0. The van der Waals surface area contributed by atoms with Gasteiger partial charge in [0, 0.05) is 5.25 Å². The first-order valence-electron chi connectivity index (χ1n) is 4.08. The van der Waals surface area contributed by atoms with Gasteiger partial charge in [0.25, 0.3) is 0 Å². The van der Waals surface area contributed by atoms with Crippen LogP contribution >= 0.6 is 11.8 Å². The summed E-state index contributed by atoms with van der Waals surface area (Å²) < 4.78 is 0. The largest absolute Gasteiger partial charge is 0.481 e. The van der Waals surface area contributed by atoms with Crippen LogP contribution in [0.5, 0.6) is 0 Å². The number of aliphatic carboxylic acids is 1. The summed E-state index contributed by atoms with van der Waals surface area (Å²) in [4.78, 5) is 14.5. The maximum Gasteiger partial charge on any atom is 0.307 e. The minimum absolute atomic E-state index is 0.0947. The van der Waals surface area contributed by atoms with Crippen LogP contribution in [0.4, 0.5) is 5.95 Å². The zero-order chi connectivity index (χ0) is 10.7. The van der Waals surface area contributed by atoms with Crippen molar-refractivity contribution < 1.29 is 9.90 Å². The van der Waals surface area contributed by atoms with E-state index >= 15 is 0 Å². The minimum Gasteiger partial charge on any atom is -0.481 e. The molecular weight excluding hydrogens is 204 g/mol. The number of rotatable bonds is 4. The summed E-state index contributed by atoms with van der Waals surface area (Å²) in [6.45, 7) is 3.46. The Labute approximate surface area is 85.3 Å². The number of aromatic nitrogens is 3. The Bertz CT molecular complexity index is 327. The molecule has 0 saturated carbocycles. The summed E-state index contributed by atoms with van der Waals surface area (Å²) in [7, 11) is 0. The molecule has 0 radical (unpaired) electrons. The van der Waals surface area contributed by atoms with E-state index in [9.17, 15) is 4.79 Å². The third-order valence-corrected chi connectivity index (χ3v) is 3.04. The van der Waals surface area contributed by atoms with Crippen molar-refractivity contribution in [3.63, 3.8) is 0 Å². The molecule has 1 aromatic heterocycles. The number of hydrogen-bond acceptors (Lipinski definition) is 5. The number of carboxylic acids is 1. The van der Waals surface area contributed by atoms with Crippen LogP contribution in [0, 0.1) is 5.92 Å². The van der Waals surface area contributed by atoms with Gasteiger partial charge in [-0.25, -0.2) is 5.10 Å². The molecule has 4 N–H and O–H groups in total. The smallest absolute Gasteiger partial charge is 0.307 e. The maximum absolute atomic E-state index is 10.6. The molecule has 0 bridgehead atoms. The number of carbonyl (C=O) groups is 1. The first-order valence-corrected chi connectivity index (χ1v) is 4.96. The van der Waals surface area contributed by atoms with Crippen LogP contribution in [0.3, 0.4) is 0 Å². The van der Waals surface area contributed by atoms with Crippen molar-refractivity contribution in [3.05, 3.63) is 0 Å². The third kappa shape index (κ3) is 2.63. The lowest BCUT2D eigenvalue weighted by Gasteiger charge is -2.12. The highest BCUT2D eigenvalue weighted by Crippen LogP contribution is 2.25. The molecule has 0 spiro atoms. The van der Waals surface area contributed by atoms with E-state index in [0.29, 0.717) is 5.16 Å².